The Morgan fingerprint density at radius 1 is 1.25 bits per heavy atom. The summed E-state index contributed by atoms with van der Waals surface area (Å²) in [6.07, 6.45) is 3.51. The molecule has 0 fully saturated rings. The third-order valence-electron chi connectivity index (χ3n) is 4.13. The fourth-order valence-corrected chi connectivity index (χ4v) is 3.70. The third-order valence-corrected chi connectivity index (χ3v) is 5.04. The van der Waals surface area contributed by atoms with Gasteiger partial charge in [0.15, 0.2) is 17.3 Å². The zero-order chi connectivity index (χ0) is 19.7. The molecule has 0 radical (unpaired) electrons. The van der Waals surface area contributed by atoms with Crippen molar-refractivity contribution in [2.45, 2.75) is 6.42 Å². The van der Waals surface area contributed by atoms with Gasteiger partial charge in [-0.3, -0.25) is 10.2 Å². The van der Waals surface area contributed by atoms with Gasteiger partial charge in [0, 0.05) is 6.42 Å². The van der Waals surface area contributed by atoms with Crippen molar-refractivity contribution < 1.29 is 18.7 Å². The number of rotatable bonds is 5. The highest BCUT2D eigenvalue weighted by Crippen LogP contribution is 2.32. The number of nitrogens with one attached hydrogen (secondary N) is 1. The number of ether oxygens (including phenoxy) is 2. The molecule has 3 heterocycles. The highest BCUT2D eigenvalue weighted by atomic mass is 32.2. The maximum atomic E-state index is 12.3. The first kappa shape index (κ1) is 18.1. The summed E-state index contributed by atoms with van der Waals surface area (Å²) < 4.78 is 15.8. The maximum Gasteiger partial charge on any atom is 0.283 e. The number of amidine groups is 2. The van der Waals surface area contributed by atoms with E-state index in [1.807, 2.05) is 18.2 Å². The number of methoxy groups -OCH3 is 2. The Hall–Kier alpha value is -3.33. The van der Waals surface area contributed by atoms with Gasteiger partial charge in [-0.05, 0) is 47.7 Å². The molecule has 2 aromatic rings. The van der Waals surface area contributed by atoms with Crippen LogP contribution in [0.15, 0.2) is 56.7 Å². The van der Waals surface area contributed by atoms with Crippen LogP contribution in [-0.4, -0.2) is 41.2 Å². The molecule has 0 saturated heterocycles. The maximum absolute atomic E-state index is 12.3. The largest absolute Gasteiger partial charge is 0.493 e. The lowest BCUT2D eigenvalue weighted by Gasteiger charge is -2.19. The summed E-state index contributed by atoms with van der Waals surface area (Å²) in [6, 6.07) is 9.04. The van der Waals surface area contributed by atoms with Crippen LogP contribution in [-0.2, 0) is 11.2 Å². The van der Waals surface area contributed by atoms with Crippen LogP contribution < -0.4 is 9.47 Å². The standard InChI is InChI=1S/C19H16N4O4S/c1-25-14-6-5-11(8-15(14)26-2)9-16-22-23-17(20)13(10-12-4-3-7-27-12)18(24)21-19(23)28-16/h3-8,10,20H,9H2,1-2H3/b13-10-,20-17?. The van der Waals surface area contributed by atoms with Crippen LogP contribution in [0.5, 0.6) is 11.5 Å². The average molecular weight is 396 g/mol. The van der Waals surface area contributed by atoms with E-state index in [-0.39, 0.29) is 11.4 Å². The smallest absolute Gasteiger partial charge is 0.283 e. The van der Waals surface area contributed by atoms with E-state index >= 15 is 0 Å². The minimum absolute atomic E-state index is 0.0267. The van der Waals surface area contributed by atoms with Gasteiger partial charge >= 0.3 is 0 Å². The molecule has 0 atom stereocenters. The van der Waals surface area contributed by atoms with E-state index in [0.717, 1.165) is 10.6 Å². The van der Waals surface area contributed by atoms with Gasteiger partial charge in [-0.25, -0.2) is 0 Å². The number of amides is 1. The summed E-state index contributed by atoms with van der Waals surface area (Å²) in [5.41, 5.74) is 1.10. The SMILES string of the molecule is COc1ccc(CC2=NN3C(=N)/C(=C/c4ccco4)C(=O)N=C3S2)cc1OC. The van der Waals surface area contributed by atoms with Crippen molar-refractivity contribution in [1.29, 1.82) is 5.41 Å². The van der Waals surface area contributed by atoms with E-state index in [1.54, 1.807) is 26.4 Å². The predicted octanol–water partition coefficient (Wildman–Crippen LogP) is 3.16. The van der Waals surface area contributed by atoms with Gasteiger partial charge in [-0.1, -0.05) is 6.07 Å². The molecule has 0 spiro atoms. The second kappa shape index (κ2) is 7.35. The van der Waals surface area contributed by atoms with Gasteiger partial charge in [0.2, 0.25) is 5.17 Å². The number of fused-ring (bicyclic) bond motifs is 1. The van der Waals surface area contributed by atoms with Crippen LogP contribution >= 0.6 is 11.8 Å². The highest BCUT2D eigenvalue weighted by molar-refractivity contribution is 8.26. The number of carbonyl (C=O) groups is 1. The molecule has 9 heteroatoms. The summed E-state index contributed by atoms with van der Waals surface area (Å²) in [7, 11) is 3.17. The first-order chi connectivity index (χ1) is 13.6. The molecule has 2 aliphatic heterocycles. The Bertz CT molecular complexity index is 1040. The number of furan rings is 1. The molecule has 0 bridgehead atoms. The van der Waals surface area contributed by atoms with Crippen molar-refractivity contribution in [3.05, 3.63) is 53.5 Å². The minimum atomic E-state index is -0.484. The molecule has 0 unspecified atom stereocenters. The second-order valence-corrected chi connectivity index (χ2v) is 6.94. The van der Waals surface area contributed by atoms with Crippen LogP contribution in [0.3, 0.4) is 0 Å². The monoisotopic (exact) mass is 396 g/mol. The molecule has 0 saturated carbocycles. The van der Waals surface area contributed by atoms with Crippen molar-refractivity contribution in [2.75, 3.05) is 14.2 Å². The average Bonchev–Trinajstić information content (AvgIpc) is 3.34. The number of hydrazone groups is 1. The van der Waals surface area contributed by atoms with Crippen molar-refractivity contribution in [2.24, 2.45) is 10.1 Å². The Kier molecular flexibility index (Phi) is 4.74. The van der Waals surface area contributed by atoms with Gasteiger partial charge in [-0.15, -0.1) is 0 Å². The third kappa shape index (κ3) is 3.31. The van der Waals surface area contributed by atoms with Gasteiger partial charge in [0.05, 0.1) is 26.1 Å². The number of aliphatic imine (C=N–C) groups is 1. The first-order valence-corrected chi connectivity index (χ1v) is 9.14. The van der Waals surface area contributed by atoms with Gasteiger partial charge in [0.1, 0.15) is 10.8 Å². The minimum Gasteiger partial charge on any atom is -0.493 e. The van der Waals surface area contributed by atoms with Gasteiger partial charge in [0.25, 0.3) is 5.91 Å². The fraction of sp³-hybridized carbons (Fsp3) is 0.158. The second-order valence-electron chi connectivity index (χ2n) is 5.90. The van der Waals surface area contributed by atoms with E-state index in [0.29, 0.717) is 28.8 Å². The summed E-state index contributed by atoms with van der Waals surface area (Å²) in [5.74, 6) is 1.25. The Balaban J connectivity index is 1.58. The lowest BCUT2D eigenvalue weighted by molar-refractivity contribution is -0.114. The molecule has 1 N–H and O–H groups in total. The molecule has 28 heavy (non-hydrogen) atoms. The molecule has 2 aliphatic rings. The van der Waals surface area contributed by atoms with Crippen molar-refractivity contribution in [3.63, 3.8) is 0 Å². The van der Waals surface area contributed by atoms with Crippen molar-refractivity contribution in [1.82, 2.24) is 5.01 Å². The lowest BCUT2D eigenvalue weighted by atomic mass is 10.1. The normalized spacial score (nSPS) is 17.5. The topological polar surface area (TPSA) is 100 Å². The van der Waals surface area contributed by atoms with E-state index in [4.69, 9.17) is 19.3 Å². The van der Waals surface area contributed by atoms with E-state index in [1.165, 1.54) is 29.1 Å². The number of nitrogens with zero attached hydrogens (tertiary/aromatic N) is 3. The molecule has 8 nitrogen and oxygen atoms in total. The number of carbonyl (C=O) groups excluding carboxylic acids is 1. The molecule has 142 valence electrons. The lowest BCUT2D eigenvalue weighted by Crippen LogP contribution is -2.35. The molecule has 1 amide bonds. The molecule has 4 rings (SSSR count). The quantitative estimate of drug-likeness (QED) is 0.779. The molecule has 1 aromatic carbocycles. The predicted molar refractivity (Wildman–Crippen MR) is 107 cm³/mol. The molecular formula is C19H16N4O4S. The van der Waals surface area contributed by atoms with Crippen LogP contribution in [0.4, 0.5) is 0 Å². The zero-order valence-electron chi connectivity index (χ0n) is 15.1. The van der Waals surface area contributed by atoms with Crippen LogP contribution in [0.25, 0.3) is 6.08 Å². The van der Waals surface area contributed by atoms with Gasteiger partial charge < -0.3 is 13.9 Å². The van der Waals surface area contributed by atoms with Crippen LogP contribution in [0, 0.1) is 5.41 Å². The van der Waals surface area contributed by atoms with Crippen molar-refractivity contribution in [3.8, 4) is 11.5 Å². The summed E-state index contributed by atoms with van der Waals surface area (Å²) in [5, 5.41) is 15.3. The summed E-state index contributed by atoms with van der Waals surface area (Å²) in [4.78, 5) is 16.4. The van der Waals surface area contributed by atoms with E-state index < -0.39 is 5.91 Å². The molecule has 0 aliphatic carbocycles. The van der Waals surface area contributed by atoms with E-state index in [2.05, 4.69) is 10.1 Å². The number of hydrogen-bond donors (Lipinski definition) is 1. The highest BCUT2D eigenvalue weighted by Gasteiger charge is 2.35. The number of benzene rings is 1. The molecule has 1 aromatic heterocycles. The van der Waals surface area contributed by atoms with Gasteiger partial charge in [-0.2, -0.15) is 15.1 Å². The number of hydrogen-bond acceptors (Lipinski definition) is 7. The Morgan fingerprint density at radius 2 is 2.07 bits per heavy atom. The zero-order valence-corrected chi connectivity index (χ0v) is 15.9. The Labute approximate surface area is 165 Å². The summed E-state index contributed by atoms with van der Waals surface area (Å²) in [6.45, 7) is 0. The Morgan fingerprint density at radius 3 is 2.79 bits per heavy atom. The van der Waals surface area contributed by atoms with Crippen LogP contribution in [0.2, 0.25) is 0 Å². The van der Waals surface area contributed by atoms with Crippen molar-refractivity contribution >= 4 is 39.8 Å². The fourth-order valence-electron chi connectivity index (χ4n) is 2.78. The first-order valence-electron chi connectivity index (χ1n) is 8.32. The summed E-state index contributed by atoms with van der Waals surface area (Å²) >= 11 is 1.27. The molecular weight excluding hydrogens is 380 g/mol. The van der Waals surface area contributed by atoms with E-state index in [9.17, 15) is 4.79 Å². The van der Waals surface area contributed by atoms with Crippen LogP contribution in [0.1, 0.15) is 11.3 Å². The number of thioether (sulfide) groups is 1.